The minimum atomic E-state index is -0.448. The van der Waals surface area contributed by atoms with Gasteiger partial charge in [0.05, 0.1) is 18.1 Å². The zero-order chi connectivity index (χ0) is 14.2. The molecule has 1 aromatic carbocycles. The van der Waals surface area contributed by atoms with Crippen LogP contribution in [0.5, 0.6) is 0 Å². The van der Waals surface area contributed by atoms with Crippen LogP contribution in [0.3, 0.4) is 0 Å². The van der Waals surface area contributed by atoms with Crippen molar-refractivity contribution in [1.82, 2.24) is 4.90 Å². The average molecular weight is 261 g/mol. The lowest BCUT2D eigenvalue weighted by Crippen LogP contribution is -2.48. The predicted molar refractivity (Wildman–Crippen MR) is 76.0 cm³/mol. The van der Waals surface area contributed by atoms with Crippen molar-refractivity contribution in [3.63, 3.8) is 0 Å². The fraction of sp³-hybridized carbons (Fsp3) is 0.562. The summed E-state index contributed by atoms with van der Waals surface area (Å²) in [5, 5.41) is 9.93. The highest BCUT2D eigenvalue weighted by Gasteiger charge is 2.42. The maximum Gasteiger partial charge on any atom is 0.227 e. The van der Waals surface area contributed by atoms with Crippen molar-refractivity contribution in [2.75, 3.05) is 6.54 Å². The van der Waals surface area contributed by atoms with Crippen LogP contribution >= 0.6 is 0 Å². The highest BCUT2D eigenvalue weighted by molar-refractivity contribution is 5.80. The van der Waals surface area contributed by atoms with Gasteiger partial charge in [0.15, 0.2) is 0 Å². The van der Waals surface area contributed by atoms with Gasteiger partial charge in [0.25, 0.3) is 0 Å². The number of benzene rings is 1. The van der Waals surface area contributed by atoms with Crippen LogP contribution in [0.25, 0.3) is 0 Å². The molecule has 3 nitrogen and oxygen atoms in total. The third-order valence-electron chi connectivity index (χ3n) is 4.37. The van der Waals surface area contributed by atoms with Crippen LogP contribution in [0.2, 0.25) is 0 Å². The molecular formula is C16H23NO2. The van der Waals surface area contributed by atoms with Gasteiger partial charge in [-0.15, -0.1) is 0 Å². The first-order chi connectivity index (χ1) is 8.82. The molecule has 1 N–H and O–H groups in total. The Hall–Kier alpha value is -1.35. The normalized spacial score (nSPS) is 21.7. The van der Waals surface area contributed by atoms with E-state index >= 15 is 0 Å². The summed E-state index contributed by atoms with van der Waals surface area (Å²) in [7, 11) is 0. The average Bonchev–Trinajstić information content (AvgIpc) is 2.59. The first-order valence-electron chi connectivity index (χ1n) is 6.87. The fourth-order valence-electron chi connectivity index (χ4n) is 2.70. The maximum absolute atomic E-state index is 12.4. The summed E-state index contributed by atoms with van der Waals surface area (Å²) in [6.45, 7) is 8.65. The van der Waals surface area contributed by atoms with E-state index in [1.807, 2.05) is 24.8 Å². The Labute approximate surface area is 115 Å². The third kappa shape index (κ3) is 2.66. The molecule has 104 valence electrons. The predicted octanol–water partition coefficient (Wildman–Crippen LogP) is 2.22. The number of aliphatic hydroxyl groups is 1. The van der Waals surface area contributed by atoms with E-state index in [0.29, 0.717) is 19.4 Å². The first kappa shape index (κ1) is 14.1. The van der Waals surface area contributed by atoms with Crippen molar-refractivity contribution in [3.05, 3.63) is 34.9 Å². The molecular weight excluding hydrogens is 238 g/mol. The number of hydrogen-bond donors (Lipinski definition) is 1. The van der Waals surface area contributed by atoms with Crippen LogP contribution in [-0.4, -0.2) is 34.1 Å². The Bertz CT molecular complexity index is 494. The molecule has 2 rings (SSSR count). The van der Waals surface area contributed by atoms with E-state index in [0.717, 1.165) is 5.56 Å². The number of likely N-dealkylation sites (tertiary alicyclic amines) is 1. The van der Waals surface area contributed by atoms with Crippen LogP contribution in [0.1, 0.15) is 37.0 Å². The van der Waals surface area contributed by atoms with Gasteiger partial charge < -0.3 is 10.0 Å². The molecule has 19 heavy (non-hydrogen) atoms. The van der Waals surface area contributed by atoms with Gasteiger partial charge in [-0.2, -0.15) is 0 Å². The summed E-state index contributed by atoms with van der Waals surface area (Å²) in [5.74, 6) is 0.102. The number of amides is 1. The lowest BCUT2D eigenvalue weighted by atomic mass is 9.97. The molecule has 1 aromatic rings. The Kier molecular flexibility index (Phi) is 3.68. The zero-order valence-corrected chi connectivity index (χ0v) is 12.2. The van der Waals surface area contributed by atoms with Crippen molar-refractivity contribution in [1.29, 1.82) is 0 Å². The summed E-state index contributed by atoms with van der Waals surface area (Å²) < 4.78 is 0. The molecule has 1 saturated heterocycles. The lowest BCUT2D eigenvalue weighted by Gasteiger charge is -2.34. The lowest BCUT2D eigenvalue weighted by molar-refractivity contribution is -0.135. The smallest absolute Gasteiger partial charge is 0.227 e. The molecule has 1 atom stereocenters. The monoisotopic (exact) mass is 261 g/mol. The Morgan fingerprint density at radius 1 is 1.37 bits per heavy atom. The van der Waals surface area contributed by atoms with E-state index in [-0.39, 0.29) is 5.91 Å². The molecule has 1 aliphatic heterocycles. The van der Waals surface area contributed by atoms with E-state index in [1.165, 1.54) is 11.1 Å². The molecule has 0 saturated carbocycles. The van der Waals surface area contributed by atoms with Gasteiger partial charge in [-0.05, 0) is 50.8 Å². The number of carbonyl (C=O) groups is 1. The van der Waals surface area contributed by atoms with Gasteiger partial charge in [-0.1, -0.05) is 18.2 Å². The molecule has 1 unspecified atom stereocenters. The summed E-state index contributed by atoms with van der Waals surface area (Å²) in [6, 6.07) is 6.15. The van der Waals surface area contributed by atoms with Crippen molar-refractivity contribution >= 4 is 5.91 Å². The number of aliphatic hydroxyl groups excluding tert-OH is 1. The fourth-order valence-corrected chi connectivity index (χ4v) is 2.70. The van der Waals surface area contributed by atoms with Crippen LogP contribution < -0.4 is 0 Å². The number of rotatable bonds is 2. The molecule has 3 heteroatoms. The quantitative estimate of drug-likeness (QED) is 0.886. The number of aryl methyl sites for hydroxylation is 2. The SMILES string of the molecule is Cc1ccc(CC(=O)N2CCC(O)C2(C)C)cc1C. The molecule has 1 aliphatic rings. The highest BCUT2D eigenvalue weighted by atomic mass is 16.3. The molecule has 1 amide bonds. The number of nitrogens with zero attached hydrogens (tertiary/aromatic N) is 1. The molecule has 1 fully saturated rings. The van der Waals surface area contributed by atoms with Gasteiger partial charge in [-0.3, -0.25) is 4.79 Å². The van der Waals surface area contributed by atoms with Crippen molar-refractivity contribution in [2.45, 2.75) is 52.2 Å². The van der Waals surface area contributed by atoms with Crippen LogP contribution in [0.4, 0.5) is 0 Å². The second kappa shape index (κ2) is 4.97. The first-order valence-corrected chi connectivity index (χ1v) is 6.87. The topological polar surface area (TPSA) is 40.5 Å². The van der Waals surface area contributed by atoms with Gasteiger partial charge in [0.1, 0.15) is 0 Å². The summed E-state index contributed by atoms with van der Waals surface area (Å²) >= 11 is 0. The second-order valence-electron chi connectivity index (χ2n) is 6.10. The second-order valence-corrected chi connectivity index (χ2v) is 6.10. The largest absolute Gasteiger partial charge is 0.391 e. The van der Waals surface area contributed by atoms with Crippen molar-refractivity contribution in [3.8, 4) is 0 Å². The van der Waals surface area contributed by atoms with Crippen molar-refractivity contribution in [2.24, 2.45) is 0 Å². The van der Waals surface area contributed by atoms with E-state index in [4.69, 9.17) is 0 Å². The molecule has 0 radical (unpaired) electrons. The molecule has 0 spiro atoms. The maximum atomic E-state index is 12.4. The molecule has 0 bridgehead atoms. The molecule has 1 heterocycles. The summed E-state index contributed by atoms with van der Waals surface area (Å²) in [5.41, 5.74) is 3.06. The molecule has 0 aromatic heterocycles. The summed E-state index contributed by atoms with van der Waals surface area (Å²) in [4.78, 5) is 14.2. The van der Waals surface area contributed by atoms with E-state index in [2.05, 4.69) is 26.0 Å². The minimum absolute atomic E-state index is 0.102. The Balaban J connectivity index is 2.11. The third-order valence-corrected chi connectivity index (χ3v) is 4.37. The Morgan fingerprint density at radius 2 is 2.05 bits per heavy atom. The van der Waals surface area contributed by atoms with E-state index < -0.39 is 11.6 Å². The van der Waals surface area contributed by atoms with Crippen molar-refractivity contribution < 1.29 is 9.90 Å². The van der Waals surface area contributed by atoms with Crippen LogP contribution in [0.15, 0.2) is 18.2 Å². The van der Waals surface area contributed by atoms with Crippen LogP contribution in [-0.2, 0) is 11.2 Å². The number of hydrogen-bond acceptors (Lipinski definition) is 2. The zero-order valence-electron chi connectivity index (χ0n) is 12.2. The number of carbonyl (C=O) groups excluding carboxylic acids is 1. The van der Waals surface area contributed by atoms with Gasteiger partial charge in [0.2, 0.25) is 5.91 Å². The Morgan fingerprint density at radius 3 is 2.58 bits per heavy atom. The van der Waals surface area contributed by atoms with Gasteiger partial charge >= 0.3 is 0 Å². The van der Waals surface area contributed by atoms with Crippen LogP contribution in [0, 0.1) is 13.8 Å². The molecule has 0 aliphatic carbocycles. The summed E-state index contributed by atoms with van der Waals surface area (Å²) in [6.07, 6.45) is 0.666. The van der Waals surface area contributed by atoms with E-state index in [9.17, 15) is 9.90 Å². The minimum Gasteiger partial charge on any atom is -0.391 e. The van der Waals surface area contributed by atoms with Gasteiger partial charge in [0, 0.05) is 6.54 Å². The standard InChI is InChI=1S/C16H23NO2/c1-11-5-6-13(9-12(11)2)10-15(19)17-8-7-14(18)16(17,3)4/h5-6,9,14,18H,7-8,10H2,1-4H3. The van der Waals surface area contributed by atoms with Gasteiger partial charge in [-0.25, -0.2) is 0 Å². The van der Waals surface area contributed by atoms with E-state index in [1.54, 1.807) is 0 Å². The highest BCUT2D eigenvalue weighted by Crippen LogP contribution is 2.29.